The minimum atomic E-state index is -2.06. The Labute approximate surface area is 221 Å². The average molecular weight is 526 g/mol. The van der Waals surface area contributed by atoms with Crippen molar-refractivity contribution in [3.05, 3.63) is 76.4 Å². The van der Waals surface area contributed by atoms with Gasteiger partial charge in [0, 0.05) is 63.2 Å². The van der Waals surface area contributed by atoms with E-state index < -0.39 is 11.8 Å². The lowest BCUT2D eigenvalue weighted by molar-refractivity contribution is 0.0970. The number of hydrogen-bond acceptors (Lipinski definition) is 7. The van der Waals surface area contributed by atoms with Crippen molar-refractivity contribution in [3.63, 3.8) is 0 Å². The number of nitrogens with one attached hydrogen (secondary N) is 2. The minimum absolute atomic E-state index is 0.0702. The van der Waals surface area contributed by atoms with E-state index in [-0.39, 0.29) is 24.5 Å². The number of aliphatic hydroxyl groups excluding tert-OH is 1. The lowest BCUT2D eigenvalue weighted by Crippen LogP contribution is -2.22. The summed E-state index contributed by atoms with van der Waals surface area (Å²) < 4.78 is 31.5. The number of methoxy groups -OCH3 is 3. The molecule has 0 fully saturated rings. The van der Waals surface area contributed by atoms with Crippen LogP contribution in [0.2, 0.25) is 5.02 Å². The molecule has 37 heavy (non-hydrogen) atoms. The Kier molecular flexibility index (Phi) is 7.67. The summed E-state index contributed by atoms with van der Waals surface area (Å²) in [6.07, 6.45) is 1.58. The number of benzene rings is 3. The van der Waals surface area contributed by atoms with Crippen LogP contribution in [0, 0.1) is 6.92 Å². The van der Waals surface area contributed by atoms with Gasteiger partial charge in [0.1, 0.15) is 35.6 Å². The number of aliphatic hydroxyl groups is 1. The standard InChI is InChI=1S/C28H29ClN2O6/c1-16-9-22-23(15-30-24(22)14-25(16)35-3)28(33)27(21-6-5-17(29)10-26(21)36-4)31-18-11-19(34-2)13-20(12-18)37-8-7-32/h5-6,9-15,27,30-32H,7-8H2,1-4H3/i27D. The van der Waals surface area contributed by atoms with Crippen LogP contribution in [0.5, 0.6) is 23.0 Å². The van der Waals surface area contributed by atoms with Crippen molar-refractivity contribution in [2.24, 2.45) is 0 Å². The number of aryl methyl sites for hydroxylation is 1. The maximum atomic E-state index is 14.3. The van der Waals surface area contributed by atoms with Crippen molar-refractivity contribution in [3.8, 4) is 23.0 Å². The Morgan fingerprint density at radius 2 is 1.81 bits per heavy atom. The summed E-state index contributed by atoms with van der Waals surface area (Å²) in [4.78, 5) is 17.4. The number of aromatic nitrogens is 1. The molecule has 9 heteroatoms. The monoisotopic (exact) mass is 525 g/mol. The second kappa shape index (κ2) is 11.5. The molecule has 8 nitrogen and oxygen atoms in total. The number of hydrogen-bond donors (Lipinski definition) is 3. The van der Waals surface area contributed by atoms with Crippen molar-refractivity contribution in [1.29, 1.82) is 0 Å². The molecule has 3 N–H and O–H groups in total. The first-order chi connectivity index (χ1) is 18.2. The third-order valence-electron chi connectivity index (χ3n) is 5.85. The second-order valence-electron chi connectivity index (χ2n) is 8.21. The number of halogens is 1. The number of aromatic amines is 1. The number of rotatable bonds is 11. The number of carbonyl (C=O) groups is 1. The Morgan fingerprint density at radius 1 is 1.05 bits per heavy atom. The number of anilines is 1. The van der Waals surface area contributed by atoms with Gasteiger partial charge in [-0.1, -0.05) is 17.7 Å². The van der Waals surface area contributed by atoms with E-state index in [1.165, 1.54) is 14.2 Å². The summed E-state index contributed by atoms with van der Waals surface area (Å²) >= 11 is 6.20. The van der Waals surface area contributed by atoms with Crippen LogP contribution in [-0.2, 0) is 0 Å². The molecule has 1 atom stereocenters. The molecule has 4 aromatic rings. The molecule has 0 aliphatic rings. The van der Waals surface area contributed by atoms with Crippen LogP contribution in [0.15, 0.2) is 54.7 Å². The molecule has 0 amide bonds. The molecule has 1 aromatic heterocycles. The van der Waals surface area contributed by atoms with Gasteiger partial charge in [-0.2, -0.15) is 0 Å². The third kappa shape index (κ3) is 5.60. The highest BCUT2D eigenvalue weighted by atomic mass is 35.5. The van der Waals surface area contributed by atoms with E-state index in [2.05, 4.69) is 10.3 Å². The first-order valence-corrected chi connectivity index (χ1v) is 11.9. The normalized spacial score (nSPS) is 13.0. The van der Waals surface area contributed by atoms with Crippen molar-refractivity contribution in [1.82, 2.24) is 4.98 Å². The summed E-state index contributed by atoms with van der Waals surface area (Å²) in [5.41, 5.74) is 2.50. The summed E-state index contributed by atoms with van der Waals surface area (Å²) in [6.45, 7) is 1.78. The van der Waals surface area contributed by atoms with Crippen molar-refractivity contribution in [2.45, 2.75) is 12.9 Å². The molecule has 4 rings (SSSR count). The molecule has 1 heterocycles. The van der Waals surface area contributed by atoms with Crippen LogP contribution < -0.4 is 24.3 Å². The summed E-state index contributed by atoms with van der Waals surface area (Å²) in [7, 11) is 4.54. The van der Waals surface area contributed by atoms with Gasteiger partial charge < -0.3 is 34.4 Å². The molecule has 0 aliphatic heterocycles. The zero-order chi connectivity index (χ0) is 27.4. The number of ether oxygens (including phenoxy) is 4. The SMILES string of the molecule is [2H]C(Nc1cc(OC)cc(OCCO)c1)(C(=O)c1c[nH]c2cc(OC)c(C)cc12)c1ccc(Cl)cc1OC. The van der Waals surface area contributed by atoms with Gasteiger partial charge in [-0.05, 0) is 30.7 Å². The van der Waals surface area contributed by atoms with Crippen LogP contribution in [-0.4, -0.2) is 50.4 Å². The number of fused-ring (bicyclic) bond motifs is 1. The Morgan fingerprint density at radius 3 is 2.51 bits per heavy atom. The summed E-state index contributed by atoms with van der Waals surface area (Å²) in [5.74, 6) is 1.25. The largest absolute Gasteiger partial charge is 0.497 e. The van der Waals surface area contributed by atoms with E-state index in [1.54, 1.807) is 49.7 Å². The number of H-pyrrole nitrogens is 1. The van der Waals surface area contributed by atoms with Crippen LogP contribution in [0.3, 0.4) is 0 Å². The molecular formula is C28H29ClN2O6. The predicted octanol–water partition coefficient (Wildman–Crippen LogP) is 5.56. The van der Waals surface area contributed by atoms with Crippen molar-refractivity contribution in [2.75, 3.05) is 39.9 Å². The van der Waals surface area contributed by atoms with Crippen LogP contribution in [0.4, 0.5) is 5.69 Å². The summed E-state index contributed by atoms with van der Waals surface area (Å²) in [6, 6.07) is 11.3. The van der Waals surface area contributed by atoms with E-state index in [0.29, 0.717) is 44.4 Å². The van der Waals surface area contributed by atoms with Gasteiger partial charge in [-0.15, -0.1) is 0 Å². The molecule has 0 spiro atoms. The molecule has 0 aliphatic carbocycles. The maximum absolute atomic E-state index is 14.3. The van der Waals surface area contributed by atoms with Crippen molar-refractivity contribution < 1.29 is 30.2 Å². The number of ketones is 1. The quantitative estimate of drug-likeness (QED) is 0.220. The molecule has 0 saturated heterocycles. The van der Waals surface area contributed by atoms with E-state index in [1.807, 2.05) is 19.1 Å². The molecule has 0 saturated carbocycles. The highest BCUT2D eigenvalue weighted by molar-refractivity contribution is 6.30. The van der Waals surface area contributed by atoms with E-state index in [0.717, 1.165) is 5.56 Å². The molecule has 3 aromatic carbocycles. The summed E-state index contributed by atoms with van der Waals surface area (Å²) in [5, 5.41) is 13.3. The van der Waals surface area contributed by atoms with Crippen molar-refractivity contribution >= 4 is 34.0 Å². The topological polar surface area (TPSA) is 102 Å². The molecular weight excluding hydrogens is 496 g/mol. The molecule has 194 valence electrons. The smallest absolute Gasteiger partial charge is 0.191 e. The lowest BCUT2D eigenvalue weighted by Gasteiger charge is -2.22. The number of carbonyl (C=O) groups excluding carboxylic acids is 1. The third-order valence-corrected chi connectivity index (χ3v) is 6.08. The predicted molar refractivity (Wildman–Crippen MR) is 144 cm³/mol. The fraction of sp³-hybridized carbons (Fsp3) is 0.250. The fourth-order valence-corrected chi connectivity index (χ4v) is 4.23. The van der Waals surface area contributed by atoms with E-state index >= 15 is 0 Å². The molecule has 1 unspecified atom stereocenters. The highest BCUT2D eigenvalue weighted by Crippen LogP contribution is 2.37. The minimum Gasteiger partial charge on any atom is -0.497 e. The maximum Gasteiger partial charge on any atom is 0.191 e. The van der Waals surface area contributed by atoms with Gasteiger partial charge in [0.2, 0.25) is 0 Å². The molecule has 0 bridgehead atoms. The zero-order valence-corrected chi connectivity index (χ0v) is 21.7. The lowest BCUT2D eigenvalue weighted by atomic mass is 9.95. The van der Waals surface area contributed by atoms with Gasteiger partial charge in [0.05, 0.1) is 29.3 Å². The highest BCUT2D eigenvalue weighted by Gasteiger charge is 2.28. The van der Waals surface area contributed by atoms with Gasteiger partial charge in [-0.3, -0.25) is 4.79 Å². The second-order valence-corrected chi connectivity index (χ2v) is 8.65. The number of Topliss-reactive ketones (excluding diaryl/α,β-unsaturated/α-hetero) is 1. The van der Waals surface area contributed by atoms with Gasteiger partial charge in [0.25, 0.3) is 0 Å². The van der Waals surface area contributed by atoms with Gasteiger partial charge >= 0.3 is 0 Å². The first-order valence-electron chi connectivity index (χ1n) is 12.0. The average Bonchev–Trinajstić information content (AvgIpc) is 3.32. The Balaban J connectivity index is 1.89. The fourth-order valence-electron chi connectivity index (χ4n) is 4.07. The molecule has 0 radical (unpaired) electrons. The van der Waals surface area contributed by atoms with E-state index in [9.17, 15) is 11.3 Å². The van der Waals surface area contributed by atoms with Gasteiger partial charge in [-0.25, -0.2) is 0 Å². The van der Waals surface area contributed by atoms with E-state index in [4.69, 9.17) is 30.5 Å². The Hall–Kier alpha value is -3.88. The van der Waals surface area contributed by atoms with Crippen LogP contribution >= 0.6 is 11.6 Å². The Bertz CT molecular complexity index is 1470. The first kappa shape index (κ1) is 24.8. The van der Waals surface area contributed by atoms with Gasteiger partial charge in [0.15, 0.2) is 5.78 Å². The zero-order valence-electron chi connectivity index (χ0n) is 22.0. The van der Waals surface area contributed by atoms with Crippen LogP contribution in [0.25, 0.3) is 10.9 Å². The van der Waals surface area contributed by atoms with Crippen LogP contribution in [0.1, 0.15) is 28.9 Å².